The number of nitro benzene ring substituents is 1. The summed E-state index contributed by atoms with van der Waals surface area (Å²) >= 11 is 0. The lowest BCUT2D eigenvalue weighted by molar-refractivity contribution is -0.385. The molecule has 0 aliphatic heterocycles. The molecule has 0 saturated heterocycles. The summed E-state index contributed by atoms with van der Waals surface area (Å²) in [5.41, 5.74) is 1.88. The van der Waals surface area contributed by atoms with Crippen molar-refractivity contribution in [2.75, 3.05) is 5.32 Å². The van der Waals surface area contributed by atoms with E-state index in [4.69, 9.17) is 0 Å². The molecule has 4 nitrogen and oxygen atoms in total. The van der Waals surface area contributed by atoms with Crippen LogP contribution in [0, 0.1) is 16.0 Å². The highest BCUT2D eigenvalue weighted by Gasteiger charge is 2.20. The first kappa shape index (κ1) is 13.8. The highest BCUT2D eigenvalue weighted by Crippen LogP contribution is 2.31. The summed E-state index contributed by atoms with van der Waals surface area (Å²) in [6, 6.07) is 5.84. The number of rotatable bonds is 6. The second-order valence-electron chi connectivity index (χ2n) is 5.53. The van der Waals surface area contributed by atoms with Crippen LogP contribution in [-0.2, 0) is 6.42 Å². The third-order valence-corrected chi connectivity index (χ3v) is 3.99. The number of hydrogen-bond acceptors (Lipinski definition) is 3. The fourth-order valence-electron chi connectivity index (χ4n) is 2.69. The van der Waals surface area contributed by atoms with E-state index in [-0.39, 0.29) is 10.6 Å². The maximum atomic E-state index is 11.0. The van der Waals surface area contributed by atoms with Gasteiger partial charge >= 0.3 is 0 Å². The van der Waals surface area contributed by atoms with Crippen LogP contribution >= 0.6 is 0 Å². The monoisotopic (exact) mass is 262 g/mol. The standard InChI is InChI=1S/C15H22N2O2/c1-3-13-7-8-14(10-15(13)17(18)19)16-11(2)9-12-5-4-6-12/h7-8,10-12,16H,3-6,9H2,1-2H3. The molecular weight excluding hydrogens is 240 g/mol. The van der Waals surface area contributed by atoms with Crippen molar-refractivity contribution >= 4 is 11.4 Å². The maximum Gasteiger partial charge on any atom is 0.274 e. The van der Waals surface area contributed by atoms with Crippen LogP contribution in [-0.4, -0.2) is 11.0 Å². The van der Waals surface area contributed by atoms with Crippen LogP contribution in [0.25, 0.3) is 0 Å². The van der Waals surface area contributed by atoms with Crippen LogP contribution in [0.3, 0.4) is 0 Å². The zero-order valence-electron chi connectivity index (χ0n) is 11.7. The third-order valence-electron chi connectivity index (χ3n) is 3.99. The molecule has 1 aliphatic carbocycles. The van der Waals surface area contributed by atoms with E-state index in [0.29, 0.717) is 12.5 Å². The van der Waals surface area contributed by atoms with Crippen LogP contribution in [0.1, 0.15) is 45.1 Å². The normalized spacial score (nSPS) is 16.7. The van der Waals surface area contributed by atoms with E-state index in [2.05, 4.69) is 12.2 Å². The Morgan fingerprint density at radius 2 is 2.21 bits per heavy atom. The molecule has 0 spiro atoms. The zero-order chi connectivity index (χ0) is 13.8. The molecule has 1 fully saturated rings. The molecule has 1 aliphatic rings. The molecule has 1 unspecified atom stereocenters. The summed E-state index contributed by atoms with van der Waals surface area (Å²) in [5.74, 6) is 0.840. The number of hydrogen-bond donors (Lipinski definition) is 1. The van der Waals surface area contributed by atoms with Crippen molar-refractivity contribution in [3.05, 3.63) is 33.9 Å². The Bertz CT molecular complexity index is 455. The lowest BCUT2D eigenvalue weighted by Gasteiger charge is -2.28. The molecule has 0 amide bonds. The smallest absolute Gasteiger partial charge is 0.274 e. The minimum atomic E-state index is -0.291. The Hall–Kier alpha value is -1.58. The molecule has 0 aromatic heterocycles. The van der Waals surface area contributed by atoms with Gasteiger partial charge in [0, 0.05) is 23.4 Å². The molecule has 0 bridgehead atoms. The van der Waals surface area contributed by atoms with Gasteiger partial charge in [0.2, 0.25) is 0 Å². The number of nitrogens with one attached hydrogen (secondary N) is 1. The number of nitro groups is 1. The molecule has 0 heterocycles. The molecule has 0 radical (unpaired) electrons. The summed E-state index contributed by atoms with van der Waals surface area (Å²) in [6.45, 7) is 4.09. The highest BCUT2D eigenvalue weighted by atomic mass is 16.6. The molecule has 19 heavy (non-hydrogen) atoms. The molecule has 1 aromatic carbocycles. The molecule has 4 heteroatoms. The maximum absolute atomic E-state index is 11.0. The van der Waals surface area contributed by atoms with Crippen molar-refractivity contribution in [3.8, 4) is 0 Å². The van der Waals surface area contributed by atoms with E-state index in [0.717, 1.165) is 23.6 Å². The predicted octanol–water partition coefficient (Wildman–Crippen LogP) is 4.15. The number of aryl methyl sites for hydroxylation is 1. The van der Waals surface area contributed by atoms with Crippen molar-refractivity contribution in [2.45, 2.75) is 52.0 Å². The van der Waals surface area contributed by atoms with Crippen LogP contribution in [0.2, 0.25) is 0 Å². The summed E-state index contributed by atoms with van der Waals surface area (Å²) < 4.78 is 0. The fraction of sp³-hybridized carbons (Fsp3) is 0.600. The second-order valence-corrected chi connectivity index (χ2v) is 5.53. The van der Waals surface area contributed by atoms with Gasteiger partial charge in [0.15, 0.2) is 0 Å². The number of anilines is 1. The molecule has 1 atom stereocenters. The molecular formula is C15H22N2O2. The highest BCUT2D eigenvalue weighted by molar-refractivity contribution is 5.55. The van der Waals surface area contributed by atoms with Gasteiger partial charge in [0.05, 0.1) is 4.92 Å². The Morgan fingerprint density at radius 3 is 2.74 bits per heavy atom. The van der Waals surface area contributed by atoms with Crippen molar-refractivity contribution < 1.29 is 4.92 Å². The predicted molar refractivity (Wildman–Crippen MR) is 77.5 cm³/mol. The minimum Gasteiger partial charge on any atom is -0.382 e. The first-order valence-electron chi connectivity index (χ1n) is 7.14. The average Bonchev–Trinajstić information content (AvgIpc) is 2.33. The summed E-state index contributed by atoms with van der Waals surface area (Å²) in [7, 11) is 0. The minimum absolute atomic E-state index is 0.225. The topological polar surface area (TPSA) is 55.2 Å². The Morgan fingerprint density at radius 1 is 1.47 bits per heavy atom. The second kappa shape index (κ2) is 6.04. The zero-order valence-corrected chi connectivity index (χ0v) is 11.7. The Kier molecular flexibility index (Phi) is 4.40. The van der Waals surface area contributed by atoms with Crippen molar-refractivity contribution in [3.63, 3.8) is 0 Å². The largest absolute Gasteiger partial charge is 0.382 e. The first-order chi connectivity index (χ1) is 9.10. The Balaban J connectivity index is 2.03. The van der Waals surface area contributed by atoms with Crippen molar-refractivity contribution in [1.82, 2.24) is 0 Å². The third kappa shape index (κ3) is 3.46. The molecule has 2 rings (SSSR count). The van der Waals surface area contributed by atoms with Crippen molar-refractivity contribution in [1.29, 1.82) is 0 Å². The van der Waals surface area contributed by atoms with Gasteiger partial charge in [-0.25, -0.2) is 0 Å². The summed E-state index contributed by atoms with van der Waals surface area (Å²) in [5, 5.41) is 14.4. The molecule has 104 valence electrons. The van der Waals surface area contributed by atoms with E-state index in [1.807, 2.05) is 19.1 Å². The van der Waals surface area contributed by atoms with Crippen LogP contribution < -0.4 is 5.32 Å². The van der Waals surface area contributed by atoms with Gasteiger partial charge in [-0.1, -0.05) is 32.3 Å². The van der Waals surface area contributed by atoms with Crippen LogP contribution in [0.5, 0.6) is 0 Å². The van der Waals surface area contributed by atoms with Crippen molar-refractivity contribution in [2.24, 2.45) is 5.92 Å². The van der Waals surface area contributed by atoms with E-state index in [1.165, 1.54) is 19.3 Å². The number of nitrogens with zero attached hydrogens (tertiary/aromatic N) is 1. The summed E-state index contributed by atoms with van der Waals surface area (Å²) in [6.07, 6.45) is 5.87. The first-order valence-corrected chi connectivity index (χ1v) is 7.14. The Labute approximate surface area is 114 Å². The quantitative estimate of drug-likeness (QED) is 0.619. The number of benzene rings is 1. The molecule has 1 N–H and O–H groups in total. The van der Waals surface area contributed by atoms with E-state index >= 15 is 0 Å². The fourth-order valence-corrected chi connectivity index (χ4v) is 2.69. The van der Waals surface area contributed by atoms with E-state index < -0.39 is 0 Å². The van der Waals surface area contributed by atoms with Gasteiger partial charge in [-0.2, -0.15) is 0 Å². The van der Waals surface area contributed by atoms with Gasteiger partial charge in [-0.15, -0.1) is 0 Å². The lowest BCUT2D eigenvalue weighted by atomic mass is 9.81. The van der Waals surface area contributed by atoms with Gasteiger partial charge in [-0.05, 0) is 31.7 Å². The SMILES string of the molecule is CCc1ccc(NC(C)CC2CCC2)cc1[N+](=O)[O-]. The van der Waals surface area contributed by atoms with Crippen LogP contribution in [0.4, 0.5) is 11.4 Å². The molecule has 1 saturated carbocycles. The van der Waals surface area contributed by atoms with Crippen LogP contribution in [0.15, 0.2) is 18.2 Å². The van der Waals surface area contributed by atoms with E-state index in [9.17, 15) is 10.1 Å². The van der Waals surface area contributed by atoms with Gasteiger partial charge in [0.25, 0.3) is 5.69 Å². The van der Waals surface area contributed by atoms with E-state index in [1.54, 1.807) is 6.07 Å². The summed E-state index contributed by atoms with van der Waals surface area (Å²) in [4.78, 5) is 10.7. The van der Waals surface area contributed by atoms with Gasteiger partial charge in [-0.3, -0.25) is 10.1 Å². The average molecular weight is 262 g/mol. The van der Waals surface area contributed by atoms with Gasteiger partial charge in [0.1, 0.15) is 0 Å². The lowest BCUT2D eigenvalue weighted by Crippen LogP contribution is -2.23. The van der Waals surface area contributed by atoms with Gasteiger partial charge < -0.3 is 5.32 Å². The molecule has 1 aromatic rings.